The predicted octanol–water partition coefficient (Wildman–Crippen LogP) is 2.77. The van der Waals surface area contributed by atoms with E-state index in [4.69, 9.17) is 9.47 Å². The first-order chi connectivity index (χ1) is 11.9. The van der Waals surface area contributed by atoms with E-state index >= 15 is 0 Å². The number of carbonyl (C=O) groups excluding carboxylic acids is 1. The van der Waals surface area contributed by atoms with Crippen molar-refractivity contribution in [1.82, 2.24) is 15.1 Å². The molecule has 0 saturated heterocycles. The second-order valence-corrected chi connectivity index (χ2v) is 7.08. The molecule has 134 valence electrons. The molecule has 7 heteroatoms. The van der Waals surface area contributed by atoms with E-state index in [1.807, 2.05) is 39.0 Å². The number of hydrogen-bond acceptors (Lipinski definition) is 4. The van der Waals surface area contributed by atoms with Gasteiger partial charge >= 0.3 is 6.03 Å². The summed E-state index contributed by atoms with van der Waals surface area (Å²) in [6, 6.07) is 7.15. The Bertz CT molecular complexity index is 764. The van der Waals surface area contributed by atoms with Crippen LogP contribution in [0.25, 0.3) is 0 Å². The molecule has 0 bridgehead atoms. The van der Waals surface area contributed by atoms with Crippen molar-refractivity contribution in [2.75, 3.05) is 19.0 Å². The Morgan fingerprint density at radius 2 is 2.16 bits per heavy atom. The number of fused-ring (bicyclic) bond motifs is 1. The van der Waals surface area contributed by atoms with Crippen molar-refractivity contribution in [2.45, 2.75) is 38.8 Å². The Labute approximate surface area is 147 Å². The molecule has 2 aromatic rings. The Balaban J connectivity index is 1.62. The van der Waals surface area contributed by atoms with Crippen LogP contribution in [-0.4, -0.2) is 35.6 Å². The van der Waals surface area contributed by atoms with E-state index in [9.17, 15) is 4.79 Å². The molecule has 0 radical (unpaired) electrons. The SMILES string of the molecule is COc1ccc2c(c1)OC[C@@H](NC(=O)Nc1ccnn1C(C)(C)C)C2. The lowest BCUT2D eigenvalue weighted by Gasteiger charge is -2.27. The first kappa shape index (κ1) is 17.1. The molecule has 0 spiro atoms. The highest BCUT2D eigenvalue weighted by Crippen LogP contribution is 2.29. The number of amides is 2. The van der Waals surface area contributed by atoms with Gasteiger partial charge in [-0.25, -0.2) is 9.48 Å². The predicted molar refractivity (Wildman–Crippen MR) is 95.4 cm³/mol. The van der Waals surface area contributed by atoms with Gasteiger partial charge in [0.15, 0.2) is 0 Å². The molecule has 1 atom stereocenters. The topological polar surface area (TPSA) is 77.4 Å². The third-order valence-electron chi connectivity index (χ3n) is 4.04. The first-order valence-corrected chi connectivity index (χ1v) is 8.28. The monoisotopic (exact) mass is 344 g/mol. The molecule has 1 aliphatic rings. The summed E-state index contributed by atoms with van der Waals surface area (Å²) in [6.45, 7) is 6.52. The van der Waals surface area contributed by atoms with Crippen molar-refractivity contribution in [1.29, 1.82) is 0 Å². The third-order valence-corrected chi connectivity index (χ3v) is 4.04. The Morgan fingerprint density at radius 3 is 2.88 bits per heavy atom. The molecule has 0 unspecified atom stereocenters. The average molecular weight is 344 g/mol. The highest BCUT2D eigenvalue weighted by atomic mass is 16.5. The number of ether oxygens (including phenoxy) is 2. The summed E-state index contributed by atoms with van der Waals surface area (Å²) in [7, 11) is 1.63. The maximum atomic E-state index is 12.3. The van der Waals surface area contributed by atoms with Crippen LogP contribution >= 0.6 is 0 Å². The zero-order valence-corrected chi connectivity index (χ0v) is 15.0. The molecular weight excluding hydrogens is 320 g/mol. The molecule has 0 saturated carbocycles. The van der Waals surface area contributed by atoms with Gasteiger partial charge in [-0.15, -0.1) is 0 Å². The van der Waals surface area contributed by atoms with E-state index in [2.05, 4.69) is 15.7 Å². The summed E-state index contributed by atoms with van der Waals surface area (Å²) in [5.41, 5.74) is 0.843. The number of benzene rings is 1. The first-order valence-electron chi connectivity index (χ1n) is 8.28. The van der Waals surface area contributed by atoms with Gasteiger partial charge in [0.1, 0.15) is 23.9 Å². The van der Waals surface area contributed by atoms with E-state index < -0.39 is 0 Å². The largest absolute Gasteiger partial charge is 0.497 e. The minimum Gasteiger partial charge on any atom is -0.497 e. The van der Waals surface area contributed by atoms with E-state index in [-0.39, 0.29) is 17.6 Å². The molecule has 25 heavy (non-hydrogen) atoms. The van der Waals surface area contributed by atoms with Crippen LogP contribution < -0.4 is 20.1 Å². The van der Waals surface area contributed by atoms with Crippen LogP contribution in [0.4, 0.5) is 10.6 Å². The lowest BCUT2D eigenvalue weighted by Crippen LogP contribution is -2.45. The number of methoxy groups -OCH3 is 1. The van der Waals surface area contributed by atoms with Crippen LogP contribution in [0.15, 0.2) is 30.5 Å². The average Bonchev–Trinajstić information content (AvgIpc) is 3.02. The zero-order valence-electron chi connectivity index (χ0n) is 15.0. The van der Waals surface area contributed by atoms with Crippen molar-refractivity contribution in [3.63, 3.8) is 0 Å². The minimum absolute atomic E-state index is 0.0908. The van der Waals surface area contributed by atoms with Crippen LogP contribution in [0.5, 0.6) is 11.5 Å². The van der Waals surface area contributed by atoms with E-state index in [0.717, 1.165) is 17.1 Å². The van der Waals surface area contributed by atoms with E-state index in [1.165, 1.54) is 0 Å². The van der Waals surface area contributed by atoms with Crippen LogP contribution in [0, 0.1) is 0 Å². The van der Waals surface area contributed by atoms with Gasteiger partial charge in [-0.05, 0) is 38.8 Å². The molecule has 3 rings (SSSR count). The number of aromatic nitrogens is 2. The fraction of sp³-hybridized carbons (Fsp3) is 0.444. The molecule has 2 amide bonds. The summed E-state index contributed by atoms with van der Waals surface area (Å²) >= 11 is 0. The van der Waals surface area contributed by atoms with Gasteiger partial charge in [0.25, 0.3) is 0 Å². The maximum absolute atomic E-state index is 12.3. The number of rotatable bonds is 3. The van der Waals surface area contributed by atoms with Gasteiger partial charge in [0, 0.05) is 12.1 Å². The minimum atomic E-state index is -0.267. The molecule has 2 heterocycles. The summed E-state index contributed by atoms with van der Waals surface area (Å²) in [5, 5.41) is 10.1. The van der Waals surface area contributed by atoms with Crippen molar-refractivity contribution >= 4 is 11.8 Å². The smallest absolute Gasteiger partial charge is 0.320 e. The van der Waals surface area contributed by atoms with Gasteiger partial charge in [-0.2, -0.15) is 5.10 Å². The van der Waals surface area contributed by atoms with Gasteiger partial charge in [-0.1, -0.05) is 6.07 Å². The van der Waals surface area contributed by atoms with E-state index in [0.29, 0.717) is 18.8 Å². The quantitative estimate of drug-likeness (QED) is 0.897. The zero-order chi connectivity index (χ0) is 18.0. The Morgan fingerprint density at radius 1 is 1.36 bits per heavy atom. The molecule has 0 fully saturated rings. The number of anilines is 1. The second-order valence-electron chi connectivity index (χ2n) is 7.08. The number of nitrogens with one attached hydrogen (secondary N) is 2. The van der Waals surface area contributed by atoms with Crippen molar-refractivity contribution < 1.29 is 14.3 Å². The fourth-order valence-electron chi connectivity index (χ4n) is 2.84. The van der Waals surface area contributed by atoms with E-state index in [1.54, 1.807) is 24.1 Å². The highest BCUT2D eigenvalue weighted by Gasteiger charge is 2.23. The van der Waals surface area contributed by atoms with Gasteiger partial charge in [0.05, 0.1) is 24.9 Å². The Hall–Kier alpha value is -2.70. The van der Waals surface area contributed by atoms with Crippen LogP contribution in [0.1, 0.15) is 26.3 Å². The lowest BCUT2D eigenvalue weighted by atomic mass is 10.0. The number of nitrogens with zero attached hydrogens (tertiary/aromatic N) is 2. The number of hydrogen-bond donors (Lipinski definition) is 2. The molecular formula is C18H24N4O3. The summed E-state index contributed by atoms with van der Waals surface area (Å²) in [6.07, 6.45) is 2.39. The molecule has 1 aromatic heterocycles. The fourth-order valence-corrected chi connectivity index (χ4v) is 2.84. The summed E-state index contributed by atoms with van der Waals surface area (Å²) in [5.74, 6) is 2.23. The van der Waals surface area contributed by atoms with Gasteiger partial charge in [0.2, 0.25) is 0 Å². The van der Waals surface area contributed by atoms with Crippen LogP contribution in [0.3, 0.4) is 0 Å². The lowest BCUT2D eigenvalue weighted by molar-refractivity contribution is 0.221. The molecule has 0 aliphatic carbocycles. The number of carbonyl (C=O) groups is 1. The van der Waals surface area contributed by atoms with Crippen molar-refractivity contribution in [2.24, 2.45) is 0 Å². The van der Waals surface area contributed by atoms with Crippen molar-refractivity contribution in [3.8, 4) is 11.5 Å². The standard InChI is InChI=1S/C18H24N4O3/c1-18(2,3)22-16(7-8-19-22)21-17(23)20-13-9-12-5-6-14(24-4)10-15(12)25-11-13/h5-8,10,13H,9,11H2,1-4H3,(H2,20,21,23)/t13-/m0/s1. The normalized spacial score (nSPS) is 16.6. The van der Waals surface area contributed by atoms with Crippen LogP contribution in [0.2, 0.25) is 0 Å². The summed E-state index contributed by atoms with van der Waals surface area (Å²) in [4.78, 5) is 12.3. The van der Waals surface area contributed by atoms with Gasteiger partial charge < -0.3 is 14.8 Å². The molecule has 1 aliphatic heterocycles. The third kappa shape index (κ3) is 3.87. The summed E-state index contributed by atoms with van der Waals surface area (Å²) < 4.78 is 12.7. The molecule has 1 aromatic carbocycles. The molecule has 7 nitrogen and oxygen atoms in total. The van der Waals surface area contributed by atoms with Gasteiger partial charge in [-0.3, -0.25) is 5.32 Å². The Kier molecular flexibility index (Phi) is 4.57. The molecule has 2 N–H and O–H groups in total. The number of urea groups is 1. The second kappa shape index (κ2) is 6.66. The highest BCUT2D eigenvalue weighted by molar-refractivity contribution is 5.88. The van der Waals surface area contributed by atoms with Crippen LogP contribution in [-0.2, 0) is 12.0 Å². The maximum Gasteiger partial charge on any atom is 0.320 e. The van der Waals surface area contributed by atoms with Crippen molar-refractivity contribution in [3.05, 3.63) is 36.0 Å².